The van der Waals surface area contributed by atoms with Crippen LogP contribution in [0.1, 0.15) is 82.6 Å². The summed E-state index contributed by atoms with van der Waals surface area (Å²) in [5.41, 5.74) is 2.72. The zero-order chi connectivity index (χ0) is 48.1. The van der Waals surface area contributed by atoms with Gasteiger partial charge < -0.3 is 39.2 Å². The highest BCUT2D eigenvalue weighted by Crippen LogP contribution is 2.54. The first kappa shape index (κ1) is 50.6. The lowest BCUT2D eigenvalue weighted by Gasteiger charge is -2.32. The molecule has 0 atom stereocenters. The Hall–Kier alpha value is -6.36. The maximum absolute atomic E-state index is 13.6. The average molecular weight is 931 g/mol. The Morgan fingerprint density at radius 2 is 1.41 bits per heavy atom. The number of ether oxygens (including phenoxy) is 2. The average Bonchev–Trinajstić information content (AvgIpc) is 3.56. The standard InChI is InChI=1S/C47H59N6O12P/c1-46(2,3)64-66(61,65-47(4,5)6)26-22-39(54)48-23-14-17-33-27-53(43(58)50-42(33)51-45(60)62-30-32-15-8-7-9-16-32)28-40(55)52(29-41(56)57)25-24-49-44(59)63-31-38-36-20-12-10-18-34(36)35-19-11-13-21-37(35)38/h7-13,15-16,18-21,27,38H,14,17,22-26,28-31H2,1-6H3,(H,48,54)(H,49,59)(H,56,57)(H,50,51,58,60). The molecule has 0 radical (unpaired) electrons. The van der Waals surface area contributed by atoms with Crippen LogP contribution < -0.4 is 21.6 Å². The Kier molecular flexibility index (Phi) is 17.4. The van der Waals surface area contributed by atoms with Crippen LogP contribution in [0, 0.1) is 0 Å². The lowest BCUT2D eigenvalue weighted by Crippen LogP contribution is -2.44. The fourth-order valence-corrected chi connectivity index (χ4v) is 9.58. The van der Waals surface area contributed by atoms with E-state index < -0.39 is 67.5 Å². The van der Waals surface area contributed by atoms with Gasteiger partial charge in [-0.2, -0.15) is 4.98 Å². The molecule has 0 saturated carbocycles. The van der Waals surface area contributed by atoms with E-state index in [1.807, 2.05) is 54.6 Å². The number of hydrogen-bond donors (Lipinski definition) is 4. The predicted octanol–water partition coefficient (Wildman–Crippen LogP) is 6.71. The van der Waals surface area contributed by atoms with E-state index >= 15 is 0 Å². The molecule has 0 aliphatic heterocycles. The number of nitrogens with one attached hydrogen (secondary N) is 3. The number of amides is 4. The number of anilines is 1. The molecule has 1 heterocycles. The molecule has 1 aliphatic rings. The number of carbonyl (C=O) groups is 5. The van der Waals surface area contributed by atoms with Crippen molar-refractivity contribution in [3.63, 3.8) is 0 Å². The van der Waals surface area contributed by atoms with Gasteiger partial charge in [0.15, 0.2) is 0 Å². The van der Waals surface area contributed by atoms with Gasteiger partial charge in [0.25, 0.3) is 0 Å². The predicted molar refractivity (Wildman–Crippen MR) is 246 cm³/mol. The van der Waals surface area contributed by atoms with Gasteiger partial charge >= 0.3 is 31.4 Å². The minimum Gasteiger partial charge on any atom is -0.480 e. The summed E-state index contributed by atoms with van der Waals surface area (Å²) < 4.78 is 37.0. The zero-order valence-corrected chi connectivity index (χ0v) is 39.1. The number of carbonyl (C=O) groups excluding carboxylic acids is 4. The molecule has 4 N–H and O–H groups in total. The molecule has 18 nitrogen and oxygen atoms in total. The number of hydrogen-bond acceptors (Lipinski definition) is 12. The van der Waals surface area contributed by atoms with Gasteiger partial charge in [-0.05, 0) is 82.2 Å². The molecule has 354 valence electrons. The summed E-state index contributed by atoms with van der Waals surface area (Å²) in [6, 6.07) is 24.7. The minimum atomic E-state index is -3.66. The van der Waals surface area contributed by atoms with Crippen molar-refractivity contribution in [1.29, 1.82) is 0 Å². The van der Waals surface area contributed by atoms with Gasteiger partial charge in [-0.25, -0.2) is 14.4 Å². The summed E-state index contributed by atoms with van der Waals surface area (Å²) in [5, 5.41) is 17.5. The number of aromatic nitrogens is 2. The van der Waals surface area contributed by atoms with Crippen molar-refractivity contribution < 1.29 is 52.2 Å². The largest absolute Gasteiger partial charge is 0.480 e. The maximum Gasteiger partial charge on any atom is 0.413 e. The number of carboxylic acids is 1. The van der Waals surface area contributed by atoms with Crippen molar-refractivity contribution in [2.24, 2.45) is 0 Å². The number of nitrogens with zero attached hydrogens (tertiary/aromatic N) is 3. The molecule has 0 spiro atoms. The lowest BCUT2D eigenvalue weighted by molar-refractivity contribution is -0.144. The van der Waals surface area contributed by atoms with Crippen molar-refractivity contribution in [2.75, 3.05) is 44.3 Å². The van der Waals surface area contributed by atoms with Crippen molar-refractivity contribution in [2.45, 2.75) is 91.1 Å². The quantitative estimate of drug-likeness (QED) is 0.0503. The lowest BCUT2D eigenvalue weighted by atomic mass is 9.98. The van der Waals surface area contributed by atoms with Crippen LogP contribution in [0.5, 0.6) is 0 Å². The van der Waals surface area contributed by atoms with E-state index in [1.54, 1.807) is 65.8 Å². The Morgan fingerprint density at radius 3 is 2.02 bits per heavy atom. The Bertz CT molecular complexity index is 2400. The second-order valence-electron chi connectivity index (χ2n) is 17.6. The van der Waals surface area contributed by atoms with E-state index in [0.717, 1.165) is 37.3 Å². The van der Waals surface area contributed by atoms with Gasteiger partial charge in [-0.15, -0.1) is 0 Å². The molecule has 0 unspecified atom stereocenters. The number of carboxylic acid groups (broad SMARTS) is 1. The Balaban J connectivity index is 1.21. The first-order valence-electron chi connectivity index (χ1n) is 21.6. The summed E-state index contributed by atoms with van der Waals surface area (Å²) in [5.74, 6) is -2.81. The number of rotatable bonds is 21. The van der Waals surface area contributed by atoms with E-state index in [0.29, 0.717) is 5.56 Å². The highest BCUT2D eigenvalue weighted by atomic mass is 31.2. The molecule has 4 aromatic rings. The van der Waals surface area contributed by atoms with Gasteiger partial charge in [0, 0.05) is 43.7 Å². The van der Waals surface area contributed by atoms with Gasteiger partial charge in [-0.1, -0.05) is 78.9 Å². The fraction of sp³-hybridized carbons (Fsp3) is 0.426. The van der Waals surface area contributed by atoms with Crippen LogP contribution in [0.25, 0.3) is 11.1 Å². The number of aliphatic carboxylic acids is 1. The molecule has 66 heavy (non-hydrogen) atoms. The number of alkyl carbamates (subject to hydrolysis) is 1. The van der Waals surface area contributed by atoms with E-state index in [4.69, 9.17) is 18.5 Å². The van der Waals surface area contributed by atoms with Crippen LogP contribution in [0.3, 0.4) is 0 Å². The topological polar surface area (TPSA) is 234 Å². The molecular weight excluding hydrogens is 872 g/mol. The van der Waals surface area contributed by atoms with Gasteiger partial charge in [0.1, 0.15) is 32.1 Å². The molecule has 5 rings (SSSR count). The second kappa shape index (κ2) is 22.7. The van der Waals surface area contributed by atoms with Crippen LogP contribution in [0.2, 0.25) is 0 Å². The third kappa shape index (κ3) is 15.7. The zero-order valence-electron chi connectivity index (χ0n) is 38.2. The van der Waals surface area contributed by atoms with Crippen LogP contribution in [-0.4, -0.2) is 99.7 Å². The molecule has 1 aromatic heterocycles. The maximum atomic E-state index is 13.6. The second-order valence-corrected chi connectivity index (χ2v) is 19.7. The molecular formula is C47H59N6O12P. The van der Waals surface area contributed by atoms with Crippen molar-refractivity contribution in [1.82, 2.24) is 25.1 Å². The molecule has 0 fully saturated rings. The van der Waals surface area contributed by atoms with Crippen molar-refractivity contribution >= 4 is 43.4 Å². The summed E-state index contributed by atoms with van der Waals surface area (Å²) in [7, 11) is -3.66. The third-order valence-electron chi connectivity index (χ3n) is 9.87. The van der Waals surface area contributed by atoms with Crippen molar-refractivity contribution in [3.05, 3.63) is 118 Å². The Labute approximate surface area is 383 Å². The summed E-state index contributed by atoms with van der Waals surface area (Å²) in [6.45, 7) is 8.84. The normalized spacial score (nSPS) is 12.4. The molecule has 1 aliphatic carbocycles. The number of fused-ring (bicyclic) bond motifs is 3. The monoisotopic (exact) mass is 930 g/mol. The van der Waals surface area contributed by atoms with Crippen molar-refractivity contribution in [3.8, 4) is 11.1 Å². The van der Waals surface area contributed by atoms with E-state index in [1.165, 1.54) is 6.20 Å². The Morgan fingerprint density at radius 1 is 0.803 bits per heavy atom. The van der Waals surface area contributed by atoms with Gasteiger partial charge in [0.2, 0.25) is 11.8 Å². The summed E-state index contributed by atoms with van der Waals surface area (Å²) in [4.78, 5) is 82.3. The van der Waals surface area contributed by atoms with E-state index in [9.17, 15) is 38.4 Å². The minimum absolute atomic E-state index is 0.0568. The van der Waals surface area contributed by atoms with Crippen LogP contribution in [0.4, 0.5) is 15.4 Å². The fourth-order valence-electron chi connectivity index (χ4n) is 7.22. The molecule has 3 aromatic carbocycles. The third-order valence-corrected chi connectivity index (χ3v) is 12.3. The van der Waals surface area contributed by atoms with Crippen LogP contribution >= 0.6 is 7.60 Å². The molecule has 19 heteroatoms. The first-order valence-corrected chi connectivity index (χ1v) is 23.3. The number of benzene rings is 3. The highest BCUT2D eigenvalue weighted by molar-refractivity contribution is 7.54. The smallest absolute Gasteiger partial charge is 0.413 e. The summed E-state index contributed by atoms with van der Waals surface area (Å²) >= 11 is 0. The summed E-state index contributed by atoms with van der Waals surface area (Å²) in [6.07, 6.45) is -0.224. The van der Waals surface area contributed by atoms with E-state index in [2.05, 4.69) is 20.9 Å². The van der Waals surface area contributed by atoms with Gasteiger partial charge in [0.05, 0.1) is 17.4 Å². The highest BCUT2D eigenvalue weighted by Gasteiger charge is 2.35. The molecule has 0 bridgehead atoms. The molecule has 4 amide bonds. The van der Waals surface area contributed by atoms with E-state index in [-0.39, 0.29) is 70.0 Å². The first-order chi connectivity index (χ1) is 31.2. The molecule has 0 saturated heterocycles. The van der Waals surface area contributed by atoms with Gasteiger partial charge in [-0.3, -0.25) is 28.8 Å². The van der Waals surface area contributed by atoms with Crippen LogP contribution in [-0.2, 0) is 57.0 Å². The number of aryl methyl sites for hydroxylation is 1. The van der Waals surface area contributed by atoms with Crippen LogP contribution in [0.15, 0.2) is 89.9 Å². The SMILES string of the molecule is CC(C)(C)OP(=O)(CCC(=O)NCCCc1cn(CC(=O)N(CCNC(=O)OCC2c3ccccc3-c3ccccc32)CC(=O)O)c(=O)nc1NC(=O)OCc1ccccc1)OC(C)(C)C.